The first kappa shape index (κ1) is 15.4. The number of aromatic nitrogens is 1. The van der Waals surface area contributed by atoms with Gasteiger partial charge in [-0.3, -0.25) is 4.98 Å². The largest absolute Gasteiger partial charge is 0.282 e. The summed E-state index contributed by atoms with van der Waals surface area (Å²) in [5.41, 5.74) is 0.947. The number of hydrogen-bond donors (Lipinski definition) is 0. The van der Waals surface area contributed by atoms with Crippen molar-refractivity contribution < 1.29 is 8.42 Å². The molecule has 2 rings (SSSR count). The van der Waals surface area contributed by atoms with Crippen molar-refractivity contribution in [3.63, 3.8) is 0 Å². The van der Waals surface area contributed by atoms with Gasteiger partial charge in [-0.15, -0.1) is 0 Å². The molecule has 1 aliphatic rings. The van der Waals surface area contributed by atoms with Gasteiger partial charge in [-0.05, 0) is 30.5 Å². The highest BCUT2D eigenvalue weighted by Crippen LogP contribution is 2.24. The Bertz CT molecular complexity index is 512. The van der Waals surface area contributed by atoms with Crippen molar-refractivity contribution in [2.24, 2.45) is 0 Å². The van der Waals surface area contributed by atoms with E-state index in [9.17, 15) is 8.42 Å². The first-order valence-corrected chi connectivity index (χ1v) is 8.49. The Labute approximate surface area is 121 Å². The van der Waals surface area contributed by atoms with E-state index in [1.54, 1.807) is 30.8 Å². The van der Waals surface area contributed by atoms with Crippen molar-refractivity contribution in [3.8, 4) is 0 Å². The fourth-order valence-electron chi connectivity index (χ4n) is 2.68. The molecule has 112 valence electrons. The van der Waals surface area contributed by atoms with Crippen LogP contribution in [0.3, 0.4) is 0 Å². The average Bonchev–Trinajstić information content (AvgIpc) is 2.48. The zero-order valence-corrected chi connectivity index (χ0v) is 13.0. The minimum absolute atomic E-state index is 0.147. The first-order chi connectivity index (χ1) is 9.51. The van der Waals surface area contributed by atoms with Crippen LogP contribution in [-0.2, 0) is 16.8 Å². The lowest BCUT2D eigenvalue weighted by molar-refractivity contribution is 0.268. The van der Waals surface area contributed by atoms with Gasteiger partial charge in [0.2, 0.25) is 0 Å². The van der Waals surface area contributed by atoms with Crippen LogP contribution in [-0.4, -0.2) is 42.1 Å². The maximum absolute atomic E-state index is 12.6. The molecule has 5 nitrogen and oxygen atoms in total. The lowest BCUT2D eigenvalue weighted by atomic mass is 9.96. The van der Waals surface area contributed by atoms with Crippen molar-refractivity contribution in [3.05, 3.63) is 30.1 Å². The lowest BCUT2D eigenvalue weighted by Gasteiger charge is -2.33. The van der Waals surface area contributed by atoms with Gasteiger partial charge in [-0.1, -0.05) is 19.3 Å². The molecule has 6 heteroatoms. The molecule has 0 bridgehead atoms. The third-order valence-corrected chi connectivity index (χ3v) is 5.94. The van der Waals surface area contributed by atoms with Crippen LogP contribution in [0.1, 0.15) is 37.7 Å². The second kappa shape index (κ2) is 6.65. The van der Waals surface area contributed by atoms with E-state index in [0.717, 1.165) is 31.2 Å². The van der Waals surface area contributed by atoms with Gasteiger partial charge in [0.1, 0.15) is 0 Å². The van der Waals surface area contributed by atoms with Gasteiger partial charge in [0, 0.05) is 39.1 Å². The van der Waals surface area contributed by atoms with E-state index in [-0.39, 0.29) is 6.04 Å². The Morgan fingerprint density at radius 2 is 1.75 bits per heavy atom. The molecule has 1 aromatic heterocycles. The van der Waals surface area contributed by atoms with Crippen molar-refractivity contribution in [1.82, 2.24) is 13.6 Å². The Morgan fingerprint density at radius 3 is 2.35 bits per heavy atom. The van der Waals surface area contributed by atoms with E-state index in [1.807, 2.05) is 12.1 Å². The summed E-state index contributed by atoms with van der Waals surface area (Å²) in [6.45, 7) is 0.377. The molecule has 0 radical (unpaired) electrons. The van der Waals surface area contributed by atoms with E-state index in [4.69, 9.17) is 0 Å². The van der Waals surface area contributed by atoms with Crippen molar-refractivity contribution in [1.29, 1.82) is 0 Å². The summed E-state index contributed by atoms with van der Waals surface area (Å²) in [6.07, 6.45) is 8.77. The molecule has 0 N–H and O–H groups in total. The van der Waals surface area contributed by atoms with Crippen molar-refractivity contribution >= 4 is 10.2 Å². The van der Waals surface area contributed by atoms with Crippen LogP contribution >= 0.6 is 0 Å². The number of nitrogens with zero attached hydrogens (tertiary/aromatic N) is 3. The minimum Gasteiger partial charge on any atom is -0.265 e. The molecule has 20 heavy (non-hydrogen) atoms. The smallest absolute Gasteiger partial charge is 0.265 e. The third kappa shape index (κ3) is 3.56. The van der Waals surface area contributed by atoms with Crippen LogP contribution in [0.15, 0.2) is 24.5 Å². The van der Waals surface area contributed by atoms with Gasteiger partial charge >= 0.3 is 0 Å². The fraction of sp³-hybridized carbons (Fsp3) is 0.643. The number of hydrogen-bond acceptors (Lipinski definition) is 3. The molecular formula is C14H23N3O2S. The summed E-state index contributed by atoms with van der Waals surface area (Å²) in [5, 5.41) is 0. The zero-order valence-electron chi connectivity index (χ0n) is 12.2. The Balaban J connectivity index is 2.04. The molecule has 1 aromatic rings. The molecule has 0 unspecified atom stereocenters. The van der Waals surface area contributed by atoms with Crippen LogP contribution in [0.5, 0.6) is 0 Å². The van der Waals surface area contributed by atoms with Gasteiger partial charge in [-0.2, -0.15) is 17.0 Å². The molecular weight excluding hydrogens is 274 g/mol. The van der Waals surface area contributed by atoms with Crippen LogP contribution in [0.2, 0.25) is 0 Å². The van der Waals surface area contributed by atoms with Crippen molar-refractivity contribution in [2.75, 3.05) is 14.1 Å². The quantitative estimate of drug-likeness (QED) is 0.835. The Kier molecular flexibility index (Phi) is 5.12. The molecule has 1 fully saturated rings. The molecule has 0 spiro atoms. The van der Waals surface area contributed by atoms with Gasteiger partial charge in [0.05, 0.1) is 0 Å². The highest BCUT2D eigenvalue weighted by molar-refractivity contribution is 7.86. The maximum atomic E-state index is 12.6. The van der Waals surface area contributed by atoms with Gasteiger partial charge in [0.15, 0.2) is 0 Å². The molecule has 0 aromatic carbocycles. The molecule has 1 saturated carbocycles. The van der Waals surface area contributed by atoms with E-state index in [0.29, 0.717) is 6.54 Å². The van der Waals surface area contributed by atoms with Crippen LogP contribution < -0.4 is 0 Å². The van der Waals surface area contributed by atoms with E-state index in [2.05, 4.69) is 4.98 Å². The summed E-state index contributed by atoms with van der Waals surface area (Å²) < 4.78 is 28.1. The second-order valence-corrected chi connectivity index (χ2v) is 7.52. The van der Waals surface area contributed by atoms with E-state index < -0.39 is 10.2 Å². The number of rotatable bonds is 5. The summed E-state index contributed by atoms with van der Waals surface area (Å²) in [4.78, 5) is 3.95. The molecule has 0 amide bonds. The topological polar surface area (TPSA) is 53.5 Å². The molecule has 0 saturated heterocycles. The van der Waals surface area contributed by atoms with Gasteiger partial charge in [0.25, 0.3) is 10.2 Å². The van der Waals surface area contributed by atoms with Gasteiger partial charge < -0.3 is 0 Å². The van der Waals surface area contributed by atoms with Crippen LogP contribution in [0.4, 0.5) is 0 Å². The summed E-state index contributed by atoms with van der Waals surface area (Å²) >= 11 is 0. The predicted octanol–water partition coefficient (Wildman–Crippen LogP) is 2.02. The Morgan fingerprint density at radius 1 is 1.15 bits per heavy atom. The normalized spacial score (nSPS) is 17.8. The van der Waals surface area contributed by atoms with Crippen molar-refractivity contribution in [2.45, 2.75) is 44.7 Å². The Hall–Kier alpha value is -0.980. The molecule has 1 aliphatic carbocycles. The van der Waals surface area contributed by atoms with E-state index >= 15 is 0 Å². The summed E-state index contributed by atoms with van der Waals surface area (Å²) in [5.74, 6) is 0. The minimum atomic E-state index is -3.39. The standard InChI is InChI=1S/C14H23N3O2S/c1-16(12-13-8-10-15-11-9-13)20(18,19)17(2)14-6-4-3-5-7-14/h8-11,14H,3-7,12H2,1-2H3. The predicted molar refractivity (Wildman–Crippen MR) is 79.3 cm³/mol. The monoisotopic (exact) mass is 297 g/mol. The third-order valence-electron chi connectivity index (χ3n) is 4.00. The number of pyridine rings is 1. The van der Waals surface area contributed by atoms with Gasteiger partial charge in [-0.25, -0.2) is 0 Å². The summed E-state index contributed by atoms with van der Waals surface area (Å²) in [6, 6.07) is 3.83. The highest BCUT2D eigenvalue weighted by Gasteiger charge is 2.30. The zero-order chi connectivity index (χ0) is 14.6. The lowest BCUT2D eigenvalue weighted by Crippen LogP contribution is -2.45. The van der Waals surface area contributed by atoms with Crippen LogP contribution in [0.25, 0.3) is 0 Å². The highest BCUT2D eigenvalue weighted by atomic mass is 32.2. The summed E-state index contributed by atoms with van der Waals surface area (Å²) in [7, 11) is -0.0538. The molecule has 0 atom stereocenters. The fourth-order valence-corrected chi connectivity index (χ4v) is 4.02. The van der Waals surface area contributed by atoms with E-state index in [1.165, 1.54) is 10.7 Å². The molecule has 0 aliphatic heterocycles. The SMILES string of the molecule is CN(Cc1ccncc1)S(=O)(=O)N(C)C1CCCCC1. The first-order valence-electron chi connectivity index (χ1n) is 7.10. The second-order valence-electron chi connectivity index (χ2n) is 5.43. The molecule has 1 heterocycles. The maximum Gasteiger partial charge on any atom is 0.282 e. The van der Waals surface area contributed by atoms with Crippen LogP contribution in [0, 0.1) is 0 Å². The average molecular weight is 297 g/mol.